The predicted molar refractivity (Wildman–Crippen MR) is 105 cm³/mol. The summed E-state index contributed by atoms with van der Waals surface area (Å²) in [7, 11) is 3.50. The van der Waals surface area contributed by atoms with Crippen molar-refractivity contribution in [1.82, 2.24) is 15.1 Å². The molecule has 0 saturated carbocycles. The fourth-order valence-corrected chi connectivity index (χ4v) is 3.98. The number of aliphatic hydroxyl groups excluding tert-OH is 1. The number of likely N-dealkylation sites (N-methyl/N-ethyl adjacent to an activating group) is 1. The zero-order valence-electron chi connectivity index (χ0n) is 16.2. The Bertz CT molecular complexity index is 871. The van der Waals surface area contributed by atoms with Gasteiger partial charge in [0.2, 0.25) is 0 Å². The number of aliphatic hydroxyl groups is 1. The van der Waals surface area contributed by atoms with Crippen LogP contribution in [0.5, 0.6) is 0 Å². The third-order valence-corrected chi connectivity index (χ3v) is 5.69. The number of amides is 1. The Labute approximate surface area is 159 Å². The molecule has 4 rings (SSSR count). The Balaban J connectivity index is 1.71. The number of benzene rings is 1. The van der Waals surface area contributed by atoms with E-state index in [9.17, 15) is 9.90 Å². The molecule has 6 nitrogen and oxygen atoms in total. The molecule has 2 heterocycles. The molecule has 0 radical (unpaired) electrons. The van der Waals surface area contributed by atoms with E-state index in [1.165, 1.54) is 0 Å². The highest BCUT2D eigenvalue weighted by Crippen LogP contribution is 2.34. The molecule has 0 spiro atoms. The molecule has 142 valence electrons. The third-order valence-electron chi connectivity index (χ3n) is 5.69. The highest BCUT2D eigenvalue weighted by molar-refractivity contribution is 6.06. The van der Waals surface area contributed by atoms with Crippen LogP contribution in [-0.2, 0) is 11.2 Å². The Hall–Kier alpha value is -2.60. The fraction of sp³-hybridized carbons (Fsp3) is 0.429. The zero-order chi connectivity index (χ0) is 19.3. The number of hydrogen-bond acceptors (Lipinski definition) is 5. The molecule has 27 heavy (non-hydrogen) atoms. The molecule has 1 amide bonds. The molecule has 1 aromatic rings. The number of nitrogens with one attached hydrogen (secondary N) is 1. The smallest absolute Gasteiger partial charge is 0.254 e. The highest BCUT2D eigenvalue weighted by Gasteiger charge is 2.38. The summed E-state index contributed by atoms with van der Waals surface area (Å²) in [5.74, 6) is 0.786. The Morgan fingerprint density at radius 1 is 1.30 bits per heavy atom. The molecular formula is C21H26N4O2. The van der Waals surface area contributed by atoms with Crippen molar-refractivity contribution in [3.63, 3.8) is 0 Å². The van der Waals surface area contributed by atoms with Gasteiger partial charge in [-0.2, -0.15) is 0 Å². The molecule has 0 fully saturated rings. The van der Waals surface area contributed by atoms with Crippen LogP contribution in [0.15, 0.2) is 52.8 Å². The van der Waals surface area contributed by atoms with Gasteiger partial charge in [0.05, 0.1) is 35.5 Å². The van der Waals surface area contributed by atoms with Crippen LogP contribution < -0.4 is 5.32 Å². The maximum atomic E-state index is 12.6. The van der Waals surface area contributed by atoms with Gasteiger partial charge in [-0.15, -0.1) is 0 Å². The largest absolute Gasteiger partial charge is 0.390 e. The molecule has 1 aromatic carbocycles. The standard InChI is InChI=1S/C21H26N4O2/c1-12-13(2)25-11-15(21(27)24(3)4)9-17(20(25)22-12)23-19-16-8-6-5-7-14(16)10-18(19)26/h5-9,11-13,18-19,23,26H,10H2,1-4H3/t12?,13?,18-,19-/m0/s1. The molecule has 0 bridgehead atoms. The van der Waals surface area contributed by atoms with Gasteiger partial charge in [0.15, 0.2) is 5.84 Å². The van der Waals surface area contributed by atoms with Crippen LogP contribution in [0.2, 0.25) is 0 Å². The second-order valence-electron chi connectivity index (χ2n) is 7.78. The first-order chi connectivity index (χ1) is 12.9. The molecule has 3 aliphatic rings. The second-order valence-corrected chi connectivity index (χ2v) is 7.78. The summed E-state index contributed by atoms with van der Waals surface area (Å²) in [4.78, 5) is 21.0. The van der Waals surface area contributed by atoms with Crippen LogP contribution in [0.25, 0.3) is 0 Å². The molecule has 2 unspecified atom stereocenters. The van der Waals surface area contributed by atoms with Gasteiger partial charge in [-0.05, 0) is 31.1 Å². The first-order valence-electron chi connectivity index (χ1n) is 9.41. The van der Waals surface area contributed by atoms with E-state index in [2.05, 4.69) is 30.1 Å². The lowest BCUT2D eigenvalue weighted by atomic mass is 10.0. The van der Waals surface area contributed by atoms with Crippen LogP contribution in [-0.4, -0.2) is 58.9 Å². The van der Waals surface area contributed by atoms with Crippen molar-refractivity contribution in [3.8, 4) is 0 Å². The molecule has 0 saturated heterocycles. The molecule has 1 aliphatic carbocycles. The molecule has 4 atom stereocenters. The molecular weight excluding hydrogens is 340 g/mol. The quantitative estimate of drug-likeness (QED) is 0.853. The summed E-state index contributed by atoms with van der Waals surface area (Å²) in [6.07, 6.45) is 3.87. The Morgan fingerprint density at radius 2 is 2.04 bits per heavy atom. The maximum absolute atomic E-state index is 12.6. The van der Waals surface area contributed by atoms with Crippen molar-refractivity contribution in [2.75, 3.05) is 14.1 Å². The fourth-order valence-electron chi connectivity index (χ4n) is 3.98. The molecule has 2 N–H and O–H groups in total. The lowest BCUT2D eigenvalue weighted by Gasteiger charge is -2.31. The van der Waals surface area contributed by atoms with Crippen LogP contribution in [0.3, 0.4) is 0 Å². The van der Waals surface area contributed by atoms with Crippen molar-refractivity contribution in [2.24, 2.45) is 4.99 Å². The number of fused-ring (bicyclic) bond motifs is 2. The monoisotopic (exact) mass is 366 g/mol. The first-order valence-corrected chi connectivity index (χ1v) is 9.41. The van der Waals surface area contributed by atoms with Gasteiger partial charge in [0.1, 0.15) is 0 Å². The third kappa shape index (κ3) is 2.94. The van der Waals surface area contributed by atoms with Crippen molar-refractivity contribution >= 4 is 11.7 Å². The van der Waals surface area contributed by atoms with E-state index in [4.69, 9.17) is 4.99 Å². The van der Waals surface area contributed by atoms with Crippen molar-refractivity contribution < 1.29 is 9.90 Å². The SMILES string of the molecule is CC1N=C2C(N[C@H]3c4ccccc4C[C@@H]3O)=CC(C(=O)N(C)C)=CN2C1C. The lowest BCUT2D eigenvalue weighted by Crippen LogP contribution is -2.41. The van der Waals surface area contributed by atoms with E-state index < -0.39 is 6.10 Å². The summed E-state index contributed by atoms with van der Waals surface area (Å²) >= 11 is 0. The maximum Gasteiger partial charge on any atom is 0.254 e. The number of rotatable bonds is 3. The second kappa shape index (κ2) is 6.53. The van der Waals surface area contributed by atoms with Crippen LogP contribution in [0.4, 0.5) is 0 Å². The highest BCUT2D eigenvalue weighted by atomic mass is 16.3. The normalized spacial score (nSPS) is 28.8. The molecule has 6 heteroatoms. The van der Waals surface area contributed by atoms with Crippen molar-refractivity contribution in [3.05, 3.63) is 58.9 Å². The number of hydrogen-bond donors (Lipinski definition) is 2. The lowest BCUT2D eigenvalue weighted by molar-refractivity contribution is -0.124. The minimum absolute atomic E-state index is 0.0486. The van der Waals surface area contributed by atoms with E-state index in [1.807, 2.05) is 30.5 Å². The van der Waals surface area contributed by atoms with E-state index in [-0.39, 0.29) is 24.0 Å². The zero-order valence-corrected chi connectivity index (χ0v) is 16.2. The van der Waals surface area contributed by atoms with E-state index in [1.54, 1.807) is 19.0 Å². The topological polar surface area (TPSA) is 68.2 Å². The van der Waals surface area contributed by atoms with Crippen LogP contribution >= 0.6 is 0 Å². The van der Waals surface area contributed by atoms with Gasteiger partial charge < -0.3 is 20.2 Å². The first kappa shape index (κ1) is 17.8. The number of aliphatic imine (C=N–C) groups is 1. The van der Waals surface area contributed by atoms with E-state index >= 15 is 0 Å². The number of carbonyl (C=O) groups is 1. The van der Waals surface area contributed by atoms with Crippen LogP contribution in [0, 0.1) is 0 Å². The Morgan fingerprint density at radius 3 is 2.78 bits per heavy atom. The van der Waals surface area contributed by atoms with Crippen molar-refractivity contribution in [2.45, 2.75) is 44.5 Å². The van der Waals surface area contributed by atoms with Gasteiger partial charge >= 0.3 is 0 Å². The summed E-state index contributed by atoms with van der Waals surface area (Å²) in [5, 5.41) is 14.1. The average molecular weight is 366 g/mol. The summed E-state index contributed by atoms with van der Waals surface area (Å²) in [6.45, 7) is 4.19. The number of carbonyl (C=O) groups excluding carboxylic acids is 1. The summed E-state index contributed by atoms with van der Waals surface area (Å²) in [5.41, 5.74) is 3.67. The molecule has 2 aliphatic heterocycles. The summed E-state index contributed by atoms with van der Waals surface area (Å²) < 4.78 is 0. The molecule has 0 aromatic heterocycles. The van der Waals surface area contributed by atoms with Crippen LogP contribution in [0.1, 0.15) is 31.0 Å². The van der Waals surface area contributed by atoms with Crippen molar-refractivity contribution in [1.29, 1.82) is 0 Å². The van der Waals surface area contributed by atoms with E-state index in [0.29, 0.717) is 12.0 Å². The van der Waals surface area contributed by atoms with Gasteiger partial charge in [-0.3, -0.25) is 9.79 Å². The van der Waals surface area contributed by atoms with Gasteiger partial charge in [0.25, 0.3) is 5.91 Å². The van der Waals surface area contributed by atoms with Gasteiger partial charge in [0, 0.05) is 26.7 Å². The minimum Gasteiger partial charge on any atom is -0.390 e. The number of nitrogens with zero attached hydrogens (tertiary/aromatic N) is 3. The van der Waals surface area contributed by atoms with Gasteiger partial charge in [-0.25, -0.2) is 0 Å². The predicted octanol–water partition coefficient (Wildman–Crippen LogP) is 1.59. The summed E-state index contributed by atoms with van der Waals surface area (Å²) in [6, 6.07) is 8.19. The Kier molecular flexibility index (Phi) is 4.30. The number of amidine groups is 1. The minimum atomic E-state index is -0.507. The van der Waals surface area contributed by atoms with Gasteiger partial charge in [-0.1, -0.05) is 24.3 Å². The van der Waals surface area contributed by atoms with E-state index in [0.717, 1.165) is 22.7 Å². The average Bonchev–Trinajstić information content (AvgIpc) is 3.11.